The van der Waals surface area contributed by atoms with Gasteiger partial charge in [0.15, 0.2) is 0 Å². The van der Waals surface area contributed by atoms with E-state index in [2.05, 4.69) is 34.5 Å². The zero-order valence-electron chi connectivity index (χ0n) is 15.1. The second-order valence-electron chi connectivity index (χ2n) is 6.85. The maximum atomic E-state index is 12.6. The molecule has 7 heteroatoms. The van der Waals surface area contributed by atoms with Crippen LogP contribution in [0.25, 0.3) is 0 Å². The first-order valence-electron chi connectivity index (χ1n) is 9.14. The van der Waals surface area contributed by atoms with Gasteiger partial charge in [0, 0.05) is 25.6 Å². The van der Waals surface area contributed by atoms with Crippen molar-refractivity contribution >= 4 is 30.7 Å². The molecule has 3 atom stereocenters. The van der Waals surface area contributed by atoms with Crippen molar-refractivity contribution in [1.29, 1.82) is 0 Å². The molecule has 1 aliphatic carbocycles. The fourth-order valence-corrected chi connectivity index (χ4v) is 4.01. The minimum atomic E-state index is 0. The smallest absolute Gasteiger partial charge is 0.223 e. The second-order valence-corrected chi connectivity index (χ2v) is 6.85. The van der Waals surface area contributed by atoms with E-state index in [1.54, 1.807) is 0 Å². The molecule has 1 aromatic carbocycles. The van der Waals surface area contributed by atoms with Crippen LogP contribution >= 0.6 is 24.8 Å². The van der Waals surface area contributed by atoms with Gasteiger partial charge in [0.25, 0.3) is 0 Å². The largest absolute Gasteiger partial charge is 0.379 e. The average molecular weight is 404 g/mol. The number of ether oxygens (including phenoxy) is 1. The third kappa shape index (κ3) is 5.83. The van der Waals surface area contributed by atoms with Gasteiger partial charge in [-0.1, -0.05) is 36.8 Å². The molecule has 3 N–H and O–H groups in total. The predicted molar refractivity (Wildman–Crippen MR) is 109 cm³/mol. The highest BCUT2D eigenvalue weighted by Crippen LogP contribution is 2.31. The van der Waals surface area contributed by atoms with Gasteiger partial charge in [-0.25, -0.2) is 0 Å². The highest BCUT2D eigenvalue weighted by molar-refractivity contribution is 5.85. The number of hydrogen-bond acceptors (Lipinski definition) is 4. The maximum absolute atomic E-state index is 12.6. The molecule has 148 valence electrons. The Labute approximate surface area is 168 Å². The van der Waals surface area contributed by atoms with Gasteiger partial charge in [0.1, 0.15) is 0 Å². The molecule has 1 heterocycles. The quantitative estimate of drug-likeness (QED) is 0.764. The third-order valence-electron chi connectivity index (χ3n) is 5.44. The monoisotopic (exact) mass is 403 g/mol. The number of benzene rings is 1. The first-order valence-corrected chi connectivity index (χ1v) is 9.14. The lowest BCUT2D eigenvalue weighted by Gasteiger charge is -2.35. The number of nitrogens with two attached hydrogens (primary N) is 1. The number of carbonyl (C=O) groups excluding carboxylic acids is 1. The minimum absolute atomic E-state index is 0. The number of carbonyl (C=O) groups is 1. The number of amides is 1. The van der Waals surface area contributed by atoms with Crippen LogP contribution in [0.5, 0.6) is 0 Å². The van der Waals surface area contributed by atoms with Crippen molar-refractivity contribution in [1.82, 2.24) is 10.2 Å². The van der Waals surface area contributed by atoms with Crippen LogP contribution in [0.3, 0.4) is 0 Å². The number of hydrogen-bond donors (Lipinski definition) is 2. The van der Waals surface area contributed by atoms with Crippen LogP contribution in [0.1, 0.15) is 30.9 Å². The first-order chi connectivity index (χ1) is 11.8. The molecule has 5 nitrogen and oxygen atoms in total. The average Bonchev–Trinajstić information content (AvgIpc) is 3.12. The van der Waals surface area contributed by atoms with E-state index >= 15 is 0 Å². The van der Waals surface area contributed by atoms with Crippen LogP contribution in [0.4, 0.5) is 0 Å². The van der Waals surface area contributed by atoms with Crippen LogP contribution < -0.4 is 11.1 Å². The minimum Gasteiger partial charge on any atom is -0.379 e. The molecule has 3 rings (SSSR count). The zero-order chi connectivity index (χ0) is 16.8. The van der Waals surface area contributed by atoms with Crippen molar-refractivity contribution in [3.8, 4) is 0 Å². The van der Waals surface area contributed by atoms with Crippen molar-refractivity contribution in [2.45, 2.75) is 25.3 Å². The van der Waals surface area contributed by atoms with Crippen LogP contribution in [0.2, 0.25) is 0 Å². The van der Waals surface area contributed by atoms with Crippen molar-refractivity contribution in [2.24, 2.45) is 17.6 Å². The van der Waals surface area contributed by atoms with Crippen molar-refractivity contribution < 1.29 is 9.53 Å². The summed E-state index contributed by atoms with van der Waals surface area (Å²) in [4.78, 5) is 15.0. The Bertz CT molecular complexity index is 527. The Hall–Kier alpha value is -0.850. The van der Waals surface area contributed by atoms with Gasteiger partial charge >= 0.3 is 0 Å². The van der Waals surface area contributed by atoms with E-state index in [1.165, 1.54) is 5.56 Å². The lowest BCUT2D eigenvalue weighted by atomic mass is 9.95. The number of morpholine rings is 1. The van der Waals surface area contributed by atoms with Gasteiger partial charge in [-0.3, -0.25) is 9.69 Å². The van der Waals surface area contributed by atoms with E-state index in [4.69, 9.17) is 10.5 Å². The molecule has 0 aromatic heterocycles. The van der Waals surface area contributed by atoms with Gasteiger partial charge in [0.05, 0.1) is 19.3 Å². The van der Waals surface area contributed by atoms with Crippen LogP contribution in [-0.4, -0.2) is 50.2 Å². The zero-order valence-corrected chi connectivity index (χ0v) is 16.8. The summed E-state index contributed by atoms with van der Waals surface area (Å²) in [7, 11) is 0. The lowest BCUT2D eigenvalue weighted by Crippen LogP contribution is -2.45. The van der Waals surface area contributed by atoms with E-state index in [0.717, 1.165) is 45.6 Å². The van der Waals surface area contributed by atoms with Crippen molar-refractivity contribution in [3.05, 3.63) is 35.9 Å². The summed E-state index contributed by atoms with van der Waals surface area (Å²) in [6, 6.07) is 10.6. The Morgan fingerprint density at radius 3 is 2.54 bits per heavy atom. The van der Waals surface area contributed by atoms with E-state index in [1.807, 2.05) is 6.07 Å². The maximum Gasteiger partial charge on any atom is 0.223 e. The van der Waals surface area contributed by atoms with Crippen molar-refractivity contribution in [3.63, 3.8) is 0 Å². The summed E-state index contributed by atoms with van der Waals surface area (Å²) in [6.45, 7) is 4.60. The summed E-state index contributed by atoms with van der Waals surface area (Å²) in [5.74, 6) is 0.622. The third-order valence-corrected chi connectivity index (χ3v) is 5.44. The predicted octanol–water partition coefficient (Wildman–Crippen LogP) is 2.39. The highest BCUT2D eigenvalue weighted by Gasteiger charge is 2.32. The first kappa shape index (κ1) is 23.2. The molecule has 1 saturated heterocycles. The topological polar surface area (TPSA) is 67.6 Å². The fourth-order valence-electron chi connectivity index (χ4n) is 4.01. The van der Waals surface area contributed by atoms with Gasteiger partial charge in [-0.15, -0.1) is 24.8 Å². The Kier molecular flexibility index (Phi) is 10.5. The summed E-state index contributed by atoms with van der Waals surface area (Å²) in [5, 5.41) is 3.21. The van der Waals surface area contributed by atoms with E-state index in [-0.39, 0.29) is 42.7 Å². The number of halogens is 2. The molecule has 1 unspecified atom stereocenters. The van der Waals surface area contributed by atoms with Crippen LogP contribution in [0, 0.1) is 11.8 Å². The molecule has 2 aliphatic rings. The fraction of sp³-hybridized carbons (Fsp3) is 0.632. The SMILES string of the molecule is Cl.Cl.NC[C@H]1CCC[C@H]1C(=O)NCC(c1ccccc1)N1CCOCC1. The van der Waals surface area contributed by atoms with Gasteiger partial charge in [-0.05, 0) is 30.9 Å². The van der Waals surface area contributed by atoms with Crippen LogP contribution in [-0.2, 0) is 9.53 Å². The van der Waals surface area contributed by atoms with Gasteiger partial charge in [-0.2, -0.15) is 0 Å². The van der Waals surface area contributed by atoms with E-state index in [0.29, 0.717) is 19.0 Å². The summed E-state index contributed by atoms with van der Waals surface area (Å²) < 4.78 is 5.48. The molecule has 0 radical (unpaired) electrons. The van der Waals surface area contributed by atoms with Gasteiger partial charge in [0.2, 0.25) is 5.91 Å². The molecule has 1 aliphatic heterocycles. The second kappa shape index (κ2) is 11.8. The molecular formula is C19H31Cl2N3O2. The molecule has 0 bridgehead atoms. The summed E-state index contributed by atoms with van der Waals surface area (Å²) in [5.41, 5.74) is 7.08. The van der Waals surface area contributed by atoms with Crippen LogP contribution in [0.15, 0.2) is 30.3 Å². The number of rotatable bonds is 6. The van der Waals surface area contributed by atoms with E-state index < -0.39 is 0 Å². The number of nitrogens with zero attached hydrogens (tertiary/aromatic N) is 1. The van der Waals surface area contributed by atoms with Crippen molar-refractivity contribution in [2.75, 3.05) is 39.4 Å². The molecule has 0 spiro atoms. The highest BCUT2D eigenvalue weighted by atomic mass is 35.5. The molecule has 1 amide bonds. The van der Waals surface area contributed by atoms with E-state index in [9.17, 15) is 4.79 Å². The Morgan fingerprint density at radius 2 is 1.88 bits per heavy atom. The summed E-state index contributed by atoms with van der Waals surface area (Å²) >= 11 is 0. The molecule has 1 saturated carbocycles. The van der Waals surface area contributed by atoms with Gasteiger partial charge < -0.3 is 15.8 Å². The molecule has 26 heavy (non-hydrogen) atoms. The summed E-state index contributed by atoms with van der Waals surface area (Å²) in [6.07, 6.45) is 3.17. The number of nitrogens with one attached hydrogen (secondary N) is 1. The Balaban J connectivity index is 0.00000169. The molecule has 1 aromatic rings. The Morgan fingerprint density at radius 1 is 1.19 bits per heavy atom. The standard InChI is InChI=1S/C19H29N3O2.2ClH/c20-13-16-7-4-8-17(16)19(23)21-14-18(15-5-2-1-3-6-15)22-9-11-24-12-10-22;;/h1-3,5-6,16-18H,4,7-14,20H2,(H,21,23);2*1H/t16-,17-,18?;;/m1../s1. The normalized spacial score (nSPS) is 24.2. The molecule has 2 fully saturated rings. The molecular weight excluding hydrogens is 373 g/mol. The lowest BCUT2D eigenvalue weighted by molar-refractivity contribution is -0.126.